The van der Waals surface area contributed by atoms with E-state index in [1.807, 2.05) is 60.7 Å². The standard InChI is InChI=1S/C29H22I2N2O2/c1-2-19-10-12-24(13-11-19)33-29(34)23(17-32)14-20-15-26(30)28(27(31)16-20)35-18-22-8-5-7-21-6-3-4-9-25(21)22/h3-16H,2,18H2,1H3,(H,33,34). The quantitative estimate of drug-likeness (QED) is 0.123. The summed E-state index contributed by atoms with van der Waals surface area (Å²) in [6, 6.07) is 28.0. The fourth-order valence-corrected chi connectivity index (χ4v) is 5.83. The molecule has 0 atom stereocenters. The fraction of sp³-hybridized carbons (Fsp3) is 0.103. The third-order valence-corrected chi connectivity index (χ3v) is 7.17. The number of hydrogen-bond donors (Lipinski definition) is 1. The van der Waals surface area contributed by atoms with Gasteiger partial charge in [0.25, 0.3) is 5.91 Å². The van der Waals surface area contributed by atoms with E-state index in [1.54, 1.807) is 6.08 Å². The van der Waals surface area contributed by atoms with Gasteiger partial charge in [0.05, 0.1) is 7.14 Å². The number of benzene rings is 4. The predicted octanol–water partition coefficient (Wildman–Crippen LogP) is 7.74. The first kappa shape index (κ1) is 25.2. The smallest absolute Gasteiger partial charge is 0.266 e. The van der Waals surface area contributed by atoms with Gasteiger partial charge in [-0.3, -0.25) is 4.79 Å². The first-order valence-electron chi connectivity index (χ1n) is 11.1. The van der Waals surface area contributed by atoms with E-state index >= 15 is 0 Å². The van der Waals surface area contributed by atoms with Crippen molar-refractivity contribution >= 4 is 73.6 Å². The van der Waals surface area contributed by atoms with E-state index in [0.29, 0.717) is 12.3 Å². The Labute approximate surface area is 232 Å². The molecule has 4 nitrogen and oxygen atoms in total. The molecule has 0 aliphatic carbocycles. The van der Waals surface area contributed by atoms with Crippen LogP contribution in [0.3, 0.4) is 0 Å². The zero-order valence-corrected chi connectivity index (χ0v) is 23.3. The van der Waals surface area contributed by atoms with Crippen molar-refractivity contribution in [3.63, 3.8) is 0 Å². The summed E-state index contributed by atoms with van der Waals surface area (Å²) in [6.45, 7) is 2.53. The predicted molar refractivity (Wildman–Crippen MR) is 158 cm³/mol. The van der Waals surface area contributed by atoms with E-state index < -0.39 is 5.91 Å². The van der Waals surface area contributed by atoms with Gasteiger partial charge in [-0.1, -0.05) is 61.5 Å². The molecule has 0 heterocycles. The molecule has 0 unspecified atom stereocenters. The maximum atomic E-state index is 12.7. The van der Waals surface area contributed by atoms with E-state index in [0.717, 1.165) is 30.4 Å². The SMILES string of the molecule is CCc1ccc(NC(=O)C(C#N)=Cc2cc(I)c(OCc3cccc4ccccc34)c(I)c2)cc1. The maximum Gasteiger partial charge on any atom is 0.266 e. The molecule has 0 saturated carbocycles. The number of halogens is 2. The Kier molecular flexibility index (Phi) is 8.42. The molecule has 35 heavy (non-hydrogen) atoms. The topological polar surface area (TPSA) is 62.1 Å². The zero-order chi connectivity index (χ0) is 24.8. The van der Waals surface area contributed by atoms with Crippen molar-refractivity contribution < 1.29 is 9.53 Å². The van der Waals surface area contributed by atoms with Crippen molar-refractivity contribution in [3.8, 4) is 11.8 Å². The number of nitrogens with one attached hydrogen (secondary N) is 1. The van der Waals surface area contributed by atoms with Gasteiger partial charge < -0.3 is 10.1 Å². The largest absolute Gasteiger partial charge is 0.487 e. The number of ether oxygens (including phenoxy) is 1. The number of rotatable bonds is 7. The summed E-state index contributed by atoms with van der Waals surface area (Å²) in [5, 5.41) is 14.8. The highest BCUT2D eigenvalue weighted by molar-refractivity contribution is 14.1. The molecule has 6 heteroatoms. The molecule has 4 aromatic rings. The van der Waals surface area contributed by atoms with Gasteiger partial charge >= 0.3 is 0 Å². The number of nitriles is 1. The lowest BCUT2D eigenvalue weighted by Gasteiger charge is -2.13. The van der Waals surface area contributed by atoms with Crippen LogP contribution in [0.1, 0.15) is 23.6 Å². The molecule has 0 spiro atoms. The molecule has 0 fully saturated rings. The molecule has 0 saturated heterocycles. The number of carbonyl (C=O) groups is 1. The van der Waals surface area contributed by atoms with E-state index in [-0.39, 0.29) is 5.57 Å². The number of hydrogen-bond acceptors (Lipinski definition) is 3. The van der Waals surface area contributed by atoms with Gasteiger partial charge in [0.2, 0.25) is 0 Å². The lowest BCUT2D eigenvalue weighted by atomic mass is 10.1. The number of amides is 1. The van der Waals surface area contributed by atoms with Crippen LogP contribution in [0, 0.1) is 18.5 Å². The van der Waals surface area contributed by atoms with Gasteiger partial charge in [-0.05, 0) is 109 Å². The highest BCUT2D eigenvalue weighted by atomic mass is 127. The van der Waals surface area contributed by atoms with Gasteiger partial charge in [-0.25, -0.2) is 0 Å². The first-order valence-corrected chi connectivity index (χ1v) is 13.2. The minimum Gasteiger partial charge on any atom is -0.487 e. The van der Waals surface area contributed by atoms with Crippen LogP contribution in [0.15, 0.2) is 84.4 Å². The van der Waals surface area contributed by atoms with Crippen LogP contribution in [0.25, 0.3) is 16.8 Å². The highest BCUT2D eigenvalue weighted by Crippen LogP contribution is 2.31. The Bertz CT molecular complexity index is 1430. The molecule has 174 valence electrons. The third-order valence-electron chi connectivity index (χ3n) is 5.57. The van der Waals surface area contributed by atoms with Crippen LogP contribution in [0.4, 0.5) is 5.69 Å². The Morgan fingerprint density at radius 1 is 1.00 bits per heavy atom. The fourth-order valence-electron chi connectivity index (χ4n) is 3.71. The highest BCUT2D eigenvalue weighted by Gasteiger charge is 2.13. The summed E-state index contributed by atoms with van der Waals surface area (Å²) in [6.07, 6.45) is 2.53. The summed E-state index contributed by atoms with van der Waals surface area (Å²) in [5.74, 6) is 0.355. The summed E-state index contributed by atoms with van der Waals surface area (Å²) >= 11 is 4.46. The van der Waals surface area contributed by atoms with Crippen molar-refractivity contribution in [3.05, 3.63) is 108 Å². The first-order chi connectivity index (χ1) is 17.0. The van der Waals surface area contributed by atoms with E-state index in [1.165, 1.54) is 16.3 Å². The van der Waals surface area contributed by atoms with Crippen LogP contribution in [-0.4, -0.2) is 5.91 Å². The Morgan fingerprint density at radius 2 is 1.69 bits per heavy atom. The van der Waals surface area contributed by atoms with Crippen LogP contribution >= 0.6 is 45.2 Å². The molecule has 0 aliphatic rings. The van der Waals surface area contributed by atoms with Crippen LogP contribution in [0.5, 0.6) is 5.75 Å². The van der Waals surface area contributed by atoms with Crippen molar-refractivity contribution in [2.45, 2.75) is 20.0 Å². The minimum atomic E-state index is -0.432. The average molecular weight is 684 g/mol. The molecule has 1 amide bonds. The molecule has 1 N–H and O–H groups in total. The number of anilines is 1. The second kappa shape index (κ2) is 11.7. The number of aryl methyl sites for hydroxylation is 1. The van der Waals surface area contributed by atoms with Crippen molar-refractivity contribution in [2.24, 2.45) is 0 Å². The zero-order valence-electron chi connectivity index (χ0n) is 19.0. The molecular formula is C29H22I2N2O2. The summed E-state index contributed by atoms with van der Waals surface area (Å²) in [7, 11) is 0. The molecule has 4 aromatic carbocycles. The average Bonchev–Trinajstić information content (AvgIpc) is 2.87. The lowest BCUT2D eigenvalue weighted by Crippen LogP contribution is -2.13. The summed E-state index contributed by atoms with van der Waals surface area (Å²) < 4.78 is 8.04. The number of nitrogens with zero attached hydrogens (tertiary/aromatic N) is 1. The van der Waals surface area contributed by atoms with Gasteiger partial charge in [-0.15, -0.1) is 0 Å². The Balaban J connectivity index is 1.51. The molecule has 0 aromatic heterocycles. The number of fused-ring (bicyclic) bond motifs is 1. The summed E-state index contributed by atoms with van der Waals surface area (Å²) in [5.41, 5.74) is 3.78. The lowest BCUT2D eigenvalue weighted by molar-refractivity contribution is -0.112. The van der Waals surface area contributed by atoms with Crippen molar-refractivity contribution in [1.29, 1.82) is 5.26 Å². The molecular weight excluding hydrogens is 662 g/mol. The molecule has 0 aliphatic heterocycles. The molecule has 4 rings (SSSR count). The van der Waals surface area contributed by atoms with Crippen LogP contribution in [0.2, 0.25) is 0 Å². The maximum absolute atomic E-state index is 12.7. The molecule has 0 bridgehead atoms. The monoisotopic (exact) mass is 684 g/mol. The van der Waals surface area contributed by atoms with Gasteiger partial charge in [0.1, 0.15) is 24.0 Å². The molecule has 0 radical (unpaired) electrons. The summed E-state index contributed by atoms with van der Waals surface area (Å²) in [4.78, 5) is 12.7. The Morgan fingerprint density at radius 3 is 2.37 bits per heavy atom. The minimum absolute atomic E-state index is 0.0422. The van der Waals surface area contributed by atoms with Crippen molar-refractivity contribution in [2.75, 3.05) is 5.32 Å². The second-order valence-corrected chi connectivity index (χ2v) is 10.2. The van der Waals surface area contributed by atoms with Gasteiger partial charge in [0, 0.05) is 5.69 Å². The van der Waals surface area contributed by atoms with E-state index in [2.05, 4.69) is 81.7 Å². The third kappa shape index (κ3) is 6.21. The second-order valence-electron chi connectivity index (χ2n) is 7.92. The van der Waals surface area contributed by atoms with E-state index in [4.69, 9.17) is 4.74 Å². The van der Waals surface area contributed by atoms with Crippen molar-refractivity contribution in [1.82, 2.24) is 0 Å². The Hall–Kier alpha value is -2.90. The van der Waals surface area contributed by atoms with Crippen LogP contribution in [-0.2, 0) is 17.8 Å². The van der Waals surface area contributed by atoms with E-state index in [9.17, 15) is 10.1 Å². The van der Waals surface area contributed by atoms with Gasteiger partial charge in [-0.2, -0.15) is 5.26 Å². The van der Waals surface area contributed by atoms with Gasteiger partial charge in [0.15, 0.2) is 0 Å². The van der Waals surface area contributed by atoms with Crippen LogP contribution < -0.4 is 10.1 Å². The normalized spacial score (nSPS) is 11.2. The number of carbonyl (C=O) groups excluding carboxylic acids is 1.